The van der Waals surface area contributed by atoms with Gasteiger partial charge in [0.05, 0.1) is 5.56 Å². The van der Waals surface area contributed by atoms with Gasteiger partial charge in [-0.1, -0.05) is 15.9 Å². The van der Waals surface area contributed by atoms with Gasteiger partial charge in [-0.15, -0.1) is 0 Å². The molecule has 0 bridgehead atoms. The van der Waals surface area contributed by atoms with Gasteiger partial charge < -0.3 is 5.11 Å². The van der Waals surface area contributed by atoms with Gasteiger partial charge in [0.1, 0.15) is 5.82 Å². The summed E-state index contributed by atoms with van der Waals surface area (Å²) >= 11 is 3.14. The molecular weight excluding hydrogens is 239 g/mol. The van der Waals surface area contributed by atoms with Crippen LogP contribution in [0.5, 0.6) is 0 Å². The van der Waals surface area contributed by atoms with Crippen molar-refractivity contribution in [1.82, 2.24) is 0 Å². The van der Waals surface area contributed by atoms with Gasteiger partial charge in [0.25, 0.3) is 0 Å². The highest BCUT2D eigenvalue weighted by Crippen LogP contribution is 2.17. The Labute approximate surface area is 83.5 Å². The quantitative estimate of drug-likeness (QED) is 0.816. The topological polar surface area (TPSA) is 37.3 Å². The van der Waals surface area contributed by atoms with Crippen molar-refractivity contribution in [3.63, 3.8) is 0 Å². The monoisotopic (exact) mass is 246 g/mol. The van der Waals surface area contributed by atoms with Crippen molar-refractivity contribution in [2.24, 2.45) is 0 Å². The zero-order valence-corrected chi connectivity index (χ0v) is 8.56. The highest BCUT2D eigenvalue weighted by molar-refractivity contribution is 9.08. The van der Waals surface area contributed by atoms with E-state index in [2.05, 4.69) is 15.9 Å². The zero-order chi connectivity index (χ0) is 10.0. The second-order valence-corrected chi connectivity index (χ2v) is 3.25. The van der Waals surface area contributed by atoms with Gasteiger partial charge in [-0.3, -0.25) is 0 Å². The lowest BCUT2D eigenvalue weighted by molar-refractivity contribution is 0.0695. The molecule has 0 radical (unpaired) electrons. The molecule has 13 heavy (non-hydrogen) atoms. The molecule has 0 saturated heterocycles. The molecule has 2 nitrogen and oxygen atoms in total. The summed E-state index contributed by atoms with van der Waals surface area (Å²) in [4.78, 5) is 10.7. The average molecular weight is 247 g/mol. The predicted molar refractivity (Wildman–Crippen MR) is 50.7 cm³/mol. The van der Waals surface area contributed by atoms with Crippen molar-refractivity contribution in [2.45, 2.75) is 12.3 Å². The number of carbonyl (C=O) groups is 1. The van der Waals surface area contributed by atoms with Crippen LogP contribution >= 0.6 is 15.9 Å². The maximum Gasteiger partial charge on any atom is 0.336 e. The lowest BCUT2D eigenvalue weighted by atomic mass is 10.1. The van der Waals surface area contributed by atoms with Crippen molar-refractivity contribution < 1.29 is 14.3 Å². The van der Waals surface area contributed by atoms with Crippen molar-refractivity contribution >= 4 is 21.9 Å². The molecule has 1 aromatic rings. The molecule has 0 unspecified atom stereocenters. The molecule has 0 heterocycles. The molecule has 0 aromatic heterocycles. The summed E-state index contributed by atoms with van der Waals surface area (Å²) in [5.74, 6) is -1.58. The molecule has 4 heteroatoms. The van der Waals surface area contributed by atoms with Gasteiger partial charge in [-0.2, -0.15) is 0 Å². The fourth-order valence-corrected chi connectivity index (χ4v) is 1.36. The van der Waals surface area contributed by atoms with Crippen molar-refractivity contribution in [3.8, 4) is 0 Å². The van der Waals surface area contributed by atoms with E-state index in [1.54, 1.807) is 0 Å². The number of aromatic carboxylic acids is 1. The van der Waals surface area contributed by atoms with E-state index >= 15 is 0 Å². The number of alkyl halides is 1. The molecule has 0 fully saturated rings. The van der Waals surface area contributed by atoms with E-state index in [9.17, 15) is 9.18 Å². The molecule has 0 aliphatic heterocycles. The van der Waals surface area contributed by atoms with Gasteiger partial charge in [0.2, 0.25) is 0 Å². The van der Waals surface area contributed by atoms with Gasteiger partial charge in [0.15, 0.2) is 0 Å². The van der Waals surface area contributed by atoms with Crippen LogP contribution in [0.15, 0.2) is 12.1 Å². The zero-order valence-electron chi connectivity index (χ0n) is 6.97. The number of benzene rings is 1. The number of rotatable bonds is 2. The largest absolute Gasteiger partial charge is 0.478 e. The number of halogens is 2. The first-order chi connectivity index (χ1) is 6.06. The van der Waals surface area contributed by atoms with E-state index in [0.29, 0.717) is 10.9 Å². The molecule has 70 valence electrons. The van der Waals surface area contributed by atoms with Crippen LogP contribution in [0, 0.1) is 12.7 Å². The Hall–Kier alpha value is -0.900. The van der Waals surface area contributed by atoms with Crippen LogP contribution in [0.2, 0.25) is 0 Å². The van der Waals surface area contributed by atoms with Gasteiger partial charge >= 0.3 is 5.97 Å². The van der Waals surface area contributed by atoms with Crippen LogP contribution in [-0.2, 0) is 5.33 Å². The molecule has 0 spiro atoms. The van der Waals surface area contributed by atoms with Gasteiger partial charge in [0, 0.05) is 5.33 Å². The van der Waals surface area contributed by atoms with E-state index in [4.69, 9.17) is 5.11 Å². The third-order valence-electron chi connectivity index (χ3n) is 1.79. The van der Waals surface area contributed by atoms with Gasteiger partial charge in [-0.25, -0.2) is 9.18 Å². The Morgan fingerprint density at radius 2 is 2.23 bits per heavy atom. The van der Waals surface area contributed by atoms with E-state index < -0.39 is 11.8 Å². The molecule has 1 rings (SSSR count). The summed E-state index contributed by atoms with van der Waals surface area (Å²) < 4.78 is 13.1. The molecule has 0 atom stereocenters. The fraction of sp³-hybridized carbons (Fsp3) is 0.222. The standard InChI is InChI=1S/C9H8BrFO2/c1-5-7(9(12)13)2-6(4-10)3-8(5)11/h2-3H,4H2,1H3,(H,12,13). The molecule has 0 saturated carbocycles. The van der Waals surface area contributed by atoms with Crippen LogP contribution in [0.25, 0.3) is 0 Å². The molecule has 1 aromatic carbocycles. The van der Waals surface area contributed by atoms with Crippen molar-refractivity contribution in [3.05, 3.63) is 34.6 Å². The van der Waals surface area contributed by atoms with Crippen LogP contribution in [0.1, 0.15) is 21.5 Å². The maximum atomic E-state index is 13.1. The Kier molecular flexibility index (Phi) is 3.03. The normalized spacial score (nSPS) is 10.1. The highest BCUT2D eigenvalue weighted by atomic mass is 79.9. The van der Waals surface area contributed by atoms with Crippen molar-refractivity contribution in [2.75, 3.05) is 0 Å². The number of hydrogen-bond donors (Lipinski definition) is 1. The lowest BCUT2D eigenvalue weighted by Gasteiger charge is -2.04. The van der Waals surface area contributed by atoms with Gasteiger partial charge in [-0.05, 0) is 30.2 Å². The smallest absolute Gasteiger partial charge is 0.336 e. The summed E-state index contributed by atoms with van der Waals surface area (Å²) in [6.45, 7) is 1.46. The summed E-state index contributed by atoms with van der Waals surface area (Å²) in [5, 5.41) is 9.18. The second-order valence-electron chi connectivity index (χ2n) is 2.69. The summed E-state index contributed by atoms with van der Waals surface area (Å²) in [6, 6.07) is 2.80. The van der Waals surface area contributed by atoms with Crippen LogP contribution in [0.4, 0.5) is 4.39 Å². The van der Waals surface area contributed by atoms with E-state index in [1.807, 2.05) is 0 Å². The average Bonchev–Trinajstić information content (AvgIpc) is 2.09. The molecule has 0 aliphatic rings. The van der Waals surface area contributed by atoms with E-state index in [0.717, 1.165) is 0 Å². The third-order valence-corrected chi connectivity index (χ3v) is 2.44. The van der Waals surface area contributed by atoms with Crippen LogP contribution in [-0.4, -0.2) is 11.1 Å². The number of hydrogen-bond acceptors (Lipinski definition) is 1. The molecule has 0 amide bonds. The van der Waals surface area contributed by atoms with Crippen LogP contribution in [0.3, 0.4) is 0 Å². The van der Waals surface area contributed by atoms with Crippen molar-refractivity contribution in [1.29, 1.82) is 0 Å². The first kappa shape index (κ1) is 10.2. The summed E-state index contributed by atoms with van der Waals surface area (Å²) in [7, 11) is 0. The third kappa shape index (κ3) is 2.06. The molecule has 0 aliphatic carbocycles. The minimum Gasteiger partial charge on any atom is -0.478 e. The van der Waals surface area contributed by atoms with E-state index in [1.165, 1.54) is 19.1 Å². The Morgan fingerprint density at radius 1 is 1.62 bits per heavy atom. The predicted octanol–water partition coefficient (Wildman–Crippen LogP) is 2.73. The second kappa shape index (κ2) is 3.87. The fourth-order valence-electron chi connectivity index (χ4n) is 1.03. The molecular formula is C9H8BrFO2. The minimum atomic E-state index is -1.10. The number of carboxylic acid groups (broad SMARTS) is 1. The van der Waals surface area contributed by atoms with Crippen LogP contribution < -0.4 is 0 Å². The Morgan fingerprint density at radius 3 is 2.69 bits per heavy atom. The summed E-state index contributed by atoms with van der Waals surface area (Å²) in [6.07, 6.45) is 0. The first-order valence-corrected chi connectivity index (χ1v) is 4.76. The first-order valence-electron chi connectivity index (χ1n) is 3.64. The minimum absolute atomic E-state index is 0.0226. The maximum absolute atomic E-state index is 13.1. The Balaban J connectivity index is 3.33. The highest BCUT2D eigenvalue weighted by Gasteiger charge is 2.11. The SMILES string of the molecule is Cc1c(F)cc(CBr)cc1C(=O)O. The lowest BCUT2D eigenvalue weighted by Crippen LogP contribution is -2.03. The number of carboxylic acids is 1. The molecule has 1 N–H and O–H groups in total. The summed E-state index contributed by atoms with van der Waals surface area (Å²) in [5.41, 5.74) is 0.826. The Bertz CT molecular complexity index is 350. The van der Waals surface area contributed by atoms with E-state index in [-0.39, 0.29) is 11.1 Å².